The van der Waals surface area contributed by atoms with Crippen LogP contribution in [0.25, 0.3) is 0 Å². The van der Waals surface area contributed by atoms with Gasteiger partial charge in [0, 0.05) is 17.6 Å². The van der Waals surface area contributed by atoms with Crippen molar-refractivity contribution in [2.45, 2.75) is 19.8 Å². The number of nitrogens with one attached hydrogen (secondary N) is 1. The zero-order valence-electron chi connectivity index (χ0n) is 11.3. The molecule has 0 saturated carbocycles. The van der Waals surface area contributed by atoms with Crippen LogP contribution in [0.1, 0.15) is 18.4 Å². The van der Waals surface area contributed by atoms with Gasteiger partial charge < -0.3 is 15.0 Å². The van der Waals surface area contributed by atoms with E-state index < -0.39 is 0 Å². The first-order chi connectivity index (χ1) is 9.56. The lowest BCUT2D eigenvalue weighted by molar-refractivity contribution is -0.121. The summed E-state index contributed by atoms with van der Waals surface area (Å²) in [5.74, 6) is 0.454. The number of aryl methyl sites for hydroxylation is 1. The number of thiocarbonyl (C=S) groups is 1. The molecule has 0 aliphatic carbocycles. The summed E-state index contributed by atoms with van der Waals surface area (Å²) in [4.78, 5) is 13.8. The molecule has 1 heterocycles. The van der Waals surface area contributed by atoms with E-state index in [9.17, 15) is 4.79 Å². The average Bonchev–Trinajstić information content (AvgIpc) is 2.94. The van der Waals surface area contributed by atoms with Gasteiger partial charge in [-0.15, -0.1) is 0 Å². The number of carbonyl (C=O) groups is 1. The van der Waals surface area contributed by atoms with Gasteiger partial charge in [0.05, 0.1) is 0 Å². The van der Waals surface area contributed by atoms with Crippen molar-refractivity contribution in [3.05, 3.63) is 28.2 Å². The summed E-state index contributed by atoms with van der Waals surface area (Å²) in [6.07, 6.45) is 2.26. The van der Waals surface area contributed by atoms with Crippen LogP contribution in [-0.4, -0.2) is 35.6 Å². The van der Waals surface area contributed by atoms with Crippen LogP contribution >= 0.6 is 28.1 Å². The van der Waals surface area contributed by atoms with Crippen molar-refractivity contribution in [1.29, 1.82) is 0 Å². The van der Waals surface area contributed by atoms with E-state index >= 15 is 0 Å². The maximum atomic E-state index is 11.8. The molecule has 20 heavy (non-hydrogen) atoms. The number of likely N-dealkylation sites (tertiary alicyclic amines) is 1. The van der Waals surface area contributed by atoms with E-state index in [1.54, 1.807) is 0 Å². The van der Waals surface area contributed by atoms with Gasteiger partial charge in [-0.3, -0.25) is 4.79 Å². The second-order valence-corrected chi connectivity index (χ2v) is 5.99. The molecule has 0 atom stereocenters. The second kappa shape index (κ2) is 7.04. The Morgan fingerprint density at radius 2 is 2.15 bits per heavy atom. The average molecular weight is 357 g/mol. The molecule has 4 nitrogen and oxygen atoms in total. The van der Waals surface area contributed by atoms with E-state index in [1.165, 1.54) is 0 Å². The van der Waals surface area contributed by atoms with Crippen molar-refractivity contribution >= 4 is 39.2 Å². The highest BCUT2D eigenvalue weighted by atomic mass is 79.9. The molecule has 0 bridgehead atoms. The third-order valence-corrected chi connectivity index (χ3v) is 4.39. The lowest BCUT2D eigenvalue weighted by Crippen LogP contribution is -2.42. The molecule has 1 aromatic carbocycles. The Hall–Kier alpha value is -1.14. The van der Waals surface area contributed by atoms with Crippen LogP contribution < -0.4 is 10.1 Å². The Morgan fingerprint density at radius 1 is 1.45 bits per heavy atom. The zero-order valence-corrected chi connectivity index (χ0v) is 13.7. The minimum absolute atomic E-state index is 0.0327. The Morgan fingerprint density at radius 3 is 2.80 bits per heavy atom. The molecule has 1 aliphatic rings. The maximum Gasteiger partial charge on any atom is 0.264 e. The van der Waals surface area contributed by atoms with Crippen LogP contribution in [0.4, 0.5) is 0 Å². The fourth-order valence-electron chi connectivity index (χ4n) is 2.01. The predicted octanol–water partition coefficient (Wildman–Crippen LogP) is 2.63. The molecule has 1 N–H and O–H groups in total. The van der Waals surface area contributed by atoms with Crippen molar-refractivity contribution in [2.75, 3.05) is 19.7 Å². The van der Waals surface area contributed by atoms with Crippen molar-refractivity contribution < 1.29 is 9.53 Å². The summed E-state index contributed by atoms with van der Waals surface area (Å²) in [5, 5.41) is 3.21. The molecule has 108 valence electrons. The van der Waals surface area contributed by atoms with Gasteiger partial charge >= 0.3 is 0 Å². The van der Waals surface area contributed by atoms with Gasteiger partial charge in [-0.1, -0.05) is 15.9 Å². The SMILES string of the molecule is Cc1cc(OCC(=O)NC(=S)N2CCCC2)ccc1Br. The fraction of sp³-hybridized carbons (Fsp3) is 0.429. The lowest BCUT2D eigenvalue weighted by atomic mass is 10.2. The van der Waals surface area contributed by atoms with Gasteiger partial charge in [-0.05, 0) is 55.7 Å². The Labute approximate surface area is 132 Å². The summed E-state index contributed by atoms with van der Waals surface area (Å²) in [6.45, 7) is 3.78. The van der Waals surface area contributed by atoms with Crippen molar-refractivity contribution in [1.82, 2.24) is 10.2 Å². The number of carbonyl (C=O) groups excluding carboxylic acids is 1. The maximum absolute atomic E-state index is 11.8. The highest BCUT2D eigenvalue weighted by Gasteiger charge is 2.16. The Balaban J connectivity index is 1.79. The first-order valence-corrected chi connectivity index (χ1v) is 7.74. The predicted molar refractivity (Wildman–Crippen MR) is 85.9 cm³/mol. The molecule has 0 spiro atoms. The number of benzene rings is 1. The van der Waals surface area contributed by atoms with Gasteiger partial charge in [0.15, 0.2) is 11.7 Å². The number of hydrogen-bond acceptors (Lipinski definition) is 3. The van der Waals surface area contributed by atoms with E-state index in [0.29, 0.717) is 10.9 Å². The number of rotatable bonds is 3. The van der Waals surface area contributed by atoms with Gasteiger partial charge in [0.2, 0.25) is 0 Å². The summed E-state index contributed by atoms with van der Waals surface area (Å²) in [6, 6.07) is 5.61. The molecule has 1 aliphatic heterocycles. The van der Waals surface area contributed by atoms with Gasteiger partial charge in [-0.2, -0.15) is 0 Å². The third kappa shape index (κ3) is 4.18. The molecule has 0 aromatic heterocycles. The van der Waals surface area contributed by atoms with E-state index in [0.717, 1.165) is 36.0 Å². The zero-order chi connectivity index (χ0) is 14.5. The quantitative estimate of drug-likeness (QED) is 0.845. The minimum atomic E-state index is -0.220. The van der Waals surface area contributed by atoms with E-state index in [-0.39, 0.29) is 12.5 Å². The normalized spacial score (nSPS) is 14.2. The molecule has 2 rings (SSSR count). The number of amides is 1. The minimum Gasteiger partial charge on any atom is -0.484 e. The summed E-state index contributed by atoms with van der Waals surface area (Å²) in [7, 11) is 0. The molecule has 6 heteroatoms. The van der Waals surface area contributed by atoms with E-state index in [1.807, 2.05) is 30.0 Å². The highest BCUT2D eigenvalue weighted by Crippen LogP contribution is 2.21. The summed E-state index contributed by atoms with van der Waals surface area (Å²) >= 11 is 8.61. The van der Waals surface area contributed by atoms with Crippen LogP contribution in [0.2, 0.25) is 0 Å². The van der Waals surface area contributed by atoms with Crippen LogP contribution in [-0.2, 0) is 4.79 Å². The highest BCUT2D eigenvalue weighted by molar-refractivity contribution is 9.10. The number of ether oxygens (including phenoxy) is 1. The van der Waals surface area contributed by atoms with Gasteiger partial charge in [-0.25, -0.2) is 0 Å². The van der Waals surface area contributed by atoms with Crippen molar-refractivity contribution in [2.24, 2.45) is 0 Å². The summed E-state index contributed by atoms with van der Waals surface area (Å²) in [5.41, 5.74) is 1.07. The molecule has 0 radical (unpaired) electrons. The first-order valence-electron chi connectivity index (χ1n) is 6.54. The van der Waals surface area contributed by atoms with Crippen LogP contribution in [0.3, 0.4) is 0 Å². The van der Waals surface area contributed by atoms with Crippen LogP contribution in [0.5, 0.6) is 5.75 Å². The van der Waals surface area contributed by atoms with Gasteiger partial charge in [0.1, 0.15) is 5.75 Å². The smallest absolute Gasteiger partial charge is 0.264 e. The van der Waals surface area contributed by atoms with Crippen LogP contribution in [0, 0.1) is 6.92 Å². The number of halogens is 1. The summed E-state index contributed by atoms with van der Waals surface area (Å²) < 4.78 is 6.47. The topological polar surface area (TPSA) is 41.6 Å². The standard InChI is InChI=1S/C14H17BrN2O2S/c1-10-8-11(4-5-12(10)15)19-9-13(18)16-14(20)17-6-2-3-7-17/h4-5,8H,2-3,6-7,9H2,1H3,(H,16,18,20). The van der Waals surface area contributed by atoms with Crippen molar-refractivity contribution in [3.8, 4) is 5.75 Å². The van der Waals surface area contributed by atoms with E-state index in [2.05, 4.69) is 21.2 Å². The fourth-order valence-corrected chi connectivity index (χ4v) is 2.55. The largest absolute Gasteiger partial charge is 0.484 e. The second-order valence-electron chi connectivity index (χ2n) is 4.75. The molecular formula is C14H17BrN2O2S. The van der Waals surface area contributed by atoms with Gasteiger partial charge in [0.25, 0.3) is 5.91 Å². The van der Waals surface area contributed by atoms with E-state index in [4.69, 9.17) is 17.0 Å². The Kier molecular flexibility index (Phi) is 5.37. The molecule has 1 fully saturated rings. The number of hydrogen-bond donors (Lipinski definition) is 1. The molecule has 0 unspecified atom stereocenters. The molecule has 1 saturated heterocycles. The first kappa shape index (κ1) is 15.3. The van der Waals surface area contributed by atoms with Crippen LogP contribution in [0.15, 0.2) is 22.7 Å². The number of nitrogens with zero attached hydrogens (tertiary/aromatic N) is 1. The lowest BCUT2D eigenvalue weighted by Gasteiger charge is -2.18. The Bertz CT molecular complexity index is 516. The molecule has 1 amide bonds. The molecular weight excluding hydrogens is 340 g/mol. The molecule has 1 aromatic rings. The third-order valence-electron chi connectivity index (χ3n) is 3.14. The monoisotopic (exact) mass is 356 g/mol. The van der Waals surface area contributed by atoms with Crippen molar-refractivity contribution in [3.63, 3.8) is 0 Å².